The van der Waals surface area contributed by atoms with Gasteiger partial charge in [-0.05, 0) is 24.1 Å². The molecule has 0 radical (unpaired) electrons. The minimum Gasteiger partial charge on any atom is -0.253 e. The molecule has 4 rings (SSSR count). The Kier molecular flexibility index (Phi) is 3.59. The Hall–Kier alpha value is -2.60. The lowest BCUT2D eigenvalue weighted by atomic mass is 9.97. The third kappa shape index (κ3) is 2.51. The SMILES string of the molecule is CC[C@H](c1ccccc1)c1nn2c(-c3ccccn3)nnc2s1. The van der Waals surface area contributed by atoms with Crippen molar-refractivity contribution in [3.63, 3.8) is 0 Å². The van der Waals surface area contributed by atoms with Crippen molar-refractivity contribution < 1.29 is 0 Å². The van der Waals surface area contributed by atoms with E-state index < -0.39 is 0 Å². The molecule has 0 unspecified atom stereocenters. The van der Waals surface area contributed by atoms with Crippen LogP contribution in [0.4, 0.5) is 0 Å². The number of nitrogens with zero attached hydrogens (tertiary/aromatic N) is 5. The van der Waals surface area contributed by atoms with Gasteiger partial charge < -0.3 is 0 Å². The van der Waals surface area contributed by atoms with Crippen LogP contribution in [0.25, 0.3) is 16.5 Å². The number of aromatic nitrogens is 5. The molecular weight excluding hydrogens is 306 g/mol. The summed E-state index contributed by atoms with van der Waals surface area (Å²) in [6.45, 7) is 2.18. The van der Waals surface area contributed by atoms with Crippen molar-refractivity contribution in [3.8, 4) is 11.5 Å². The fourth-order valence-corrected chi connectivity index (χ4v) is 3.72. The predicted molar refractivity (Wildman–Crippen MR) is 90.5 cm³/mol. The van der Waals surface area contributed by atoms with Gasteiger partial charge in [0.1, 0.15) is 10.7 Å². The average molecular weight is 321 g/mol. The van der Waals surface area contributed by atoms with Crippen LogP contribution in [0.1, 0.15) is 29.8 Å². The molecule has 0 fully saturated rings. The second-order valence-electron chi connectivity index (χ2n) is 5.24. The smallest absolute Gasteiger partial charge is 0.235 e. The van der Waals surface area contributed by atoms with Gasteiger partial charge in [-0.1, -0.05) is 54.7 Å². The van der Waals surface area contributed by atoms with Gasteiger partial charge >= 0.3 is 0 Å². The van der Waals surface area contributed by atoms with Crippen LogP contribution in [0.2, 0.25) is 0 Å². The summed E-state index contributed by atoms with van der Waals surface area (Å²) in [5.41, 5.74) is 2.06. The van der Waals surface area contributed by atoms with E-state index in [9.17, 15) is 0 Å². The zero-order chi connectivity index (χ0) is 15.6. The topological polar surface area (TPSA) is 56.0 Å². The van der Waals surface area contributed by atoms with Crippen molar-refractivity contribution >= 4 is 16.3 Å². The van der Waals surface area contributed by atoms with Crippen molar-refractivity contribution in [2.75, 3.05) is 0 Å². The number of hydrogen-bond donors (Lipinski definition) is 0. The Labute approximate surface area is 137 Å². The molecular formula is C17H15N5S. The summed E-state index contributed by atoms with van der Waals surface area (Å²) >= 11 is 1.59. The Morgan fingerprint density at radius 3 is 2.61 bits per heavy atom. The molecule has 4 aromatic rings. The van der Waals surface area contributed by atoms with E-state index in [1.165, 1.54) is 5.56 Å². The largest absolute Gasteiger partial charge is 0.253 e. The van der Waals surface area contributed by atoms with Crippen LogP contribution in [0.15, 0.2) is 54.7 Å². The molecule has 3 heterocycles. The summed E-state index contributed by atoms with van der Waals surface area (Å²) in [4.78, 5) is 5.15. The van der Waals surface area contributed by atoms with Crippen LogP contribution >= 0.6 is 11.3 Å². The molecule has 3 aromatic heterocycles. The zero-order valence-corrected chi connectivity index (χ0v) is 13.4. The Morgan fingerprint density at radius 1 is 1.04 bits per heavy atom. The third-order valence-corrected chi connectivity index (χ3v) is 4.82. The van der Waals surface area contributed by atoms with Gasteiger partial charge in [0.2, 0.25) is 10.8 Å². The molecule has 114 valence electrons. The summed E-state index contributed by atoms with van der Waals surface area (Å²) in [5.74, 6) is 0.963. The normalized spacial score (nSPS) is 12.6. The van der Waals surface area contributed by atoms with E-state index in [0.29, 0.717) is 5.82 Å². The maximum atomic E-state index is 4.77. The summed E-state index contributed by atoms with van der Waals surface area (Å²) in [6, 6.07) is 16.2. The van der Waals surface area contributed by atoms with E-state index in [1.54, 1.807) is 22.0 Å². The molecule has 5 nitrogen and oxygen atoms in total. The van der Waals surface area contributed by atoms with Gasteiger partial charge in [0.15, 0.2) is 0 Å². The number of rotatable bonds is 4. The minimum atomic E-state index is 0.277. The molecule has 6 heteroatoms. The first-order valence-electron chi connectivity index (χ1n) is 7.55. The Bertz CT molecular complexity index is 914. The fraction of sp³-hybridized carbons (Fsp3) is 0.176. The van der Waals surface area contributed by atoms with E-state index in [2.05, 4.69) is 46.4 Å². The molecule has 23 heavy (non-hydrogen) atoms. The number of benzene rings is 1. The van der Waals surface area contributed by atoms with Crippen LogP contribution in [0.5, 0.6) is 0 Å². The van der Waals surface area contributed by atoms with E-state index in [1.807, 2.05) is 24.3 Å². The van der Waals surface area contributed by atoms with E-state index in [4.69, 9.17) is 5.10 Å². The Morgan fingerprint density at radius 2 is 1.87 bits per heavy atom. The van der Waals surface area contributed by atoms with Gasteiger partial charge in [0.05, 0.1) is 0 Å². The molecule has 0 aliphatic carbocycles. The maximum absolute atomic E-state index is 4.77. The second kappa shape index (κ2) is 5.89. The summed E-state index contributed by atoms with van der Waals surface area (Å²) in [5, 5.41) is 14.3. The monoisotopic (exact) mass is 321 g/mol. The number of fused-ring (bicyclic) bond motifs is 1. The summed E-state index contributed by atoms with van der Waals surface area (Å²) < 4.78 is 1.80. The predicted octanol–water partition coefficient (Wildman–Crippen LogP) is 3.79. The molecule has 0 N–H and O–H groups in total. The van der Waals surface area contributed by atoms with Crippen LogP contribution < -0.4 is 0 Å². The number of hydrogen-bond acceptors (Lipinski definition) is 5. The highest BCUT2D eigenvalue weighted by atomic mass is 32.1. The van der Waals surface area contributed by atoms with Crippen molar-refractivity contribution in [2.45, 2.75) is 19.3 Å². The highest BCUT2D eigenvalue weighted by molar-refractivity contribution is 7.16. The minimum absolute atomic E-state index is 0.277. The number of pyridine rings is 1. The van der Waals surface area contributed by atoms with Crippen LogP contribution in [-0.2, 0) is 0 Å². The second-order valence-corrected chi connectivity index (χ2v) is 6.23. The standard InChI is InChI=1S/C17H15N5S/c1-2-13(12-8-4-3-5-9-12)16-21-22-15(19-20-17(22)23-16)14-10-6-7-11-18-14/h3-11,13H,2H2,1H3/t13-/m1/s1. The lowest BCUT2D eigenvalue weighted by Crippen LogP contribution is -2.01. The molecule has 0 aliphatic heterocycles. The molecule has 1 aromatic carbocycles. The van der Waals surface area contributed by atoms with Crippen LogP contribution in [-0.4, -0.2) is 24.8 Å². The lowest BCUT2D eigenvalue weighted by Gasteiger charge is -2.11. The van der Waals surface area contributed by atoms with Gasteiger partial charge in [-0.15, -0.1) is 10.2 Å². The van der Waals surface area contributed by atoms with Gasteiger partial charge in [-0.25, -0.2) is 0 Å². The molecule has 0 aliphatic rings. The average Bonchev–Trinajstić information content (AvgIpc) is 3.18. The van der Waals surface area contributed by atoms with Crippen molar-refractivity contribution in [2.24, 2.45) is 0 Å². The fourth-order valence-electron chi connectivity index (χ4n) is 2.67. The first-order chi connectivity index (χ1) is 11.4. The van der Waals surface area contributed by atoms with Gasteiger partial charge in [0.25, 0.3) is 0 Å². The van der Waals surface area contributed by atoms with Crippen molar-refractivity contribution in [1.29, 1.82) is 0 Å². The molecule has 0 amide bonds. The molecule has 0 saturated carbocycles. The van der Waals surface area contributed by atoms with Crippen molar-refractivity contribution in [3.05, 3.63) is 65.3 Å². The maximum Gasteiger partial charge on any atom is 0.235 e. The summed E-state index contributed by atoms with van der Waals surface area (Å²) in [7, 11) is 0. The van der Waals surface area contributed by atoms with Crippen LogP contribution in [0.3, 0.4) is 0 Å². The van der Waals surface area contributed by atoms with Crippen LogP contribution in [0, 0.1) is 0 Å². The third-order valence-electron chi connectivity index (χ3n) is 3.81. The van der Waals surface area contributed by atoms with E-state index in [0.717, 1.165) is 22.1 Å². The lowest BCUT2D eigenvalue weighted by molar-refractivity contribution is 0.743. The molecule has 0 saturated heterocycles. The van der Waals surface area contributed by atoms with E-state index in [-0.39, 0.29) is 5.92 Å². The summed E-state index contributed by atoms with van der Waals surface area (Å²) in [6.07, 6.45) is 2.75. The van der Waals surface area contributed by atoms with Crippen molar-refractivity contribution in [1.82, 2.24) is 24.8 Å². The molecule has 0 bridgehead atoms. The first-order valence-corrected chi connectivity index (χ1v) is 8.37. The quantitative estimate of drug-likeness (QED) is 0.574. The highest BCUT2D eigenvalue weighted by Crippen LogP contribution is 2.31. The zero-order valence-electron chi connectivity index (χ0n) is 12.6. The molecule has 0 spiro atoms. The van der Waals surface area contributed by atoms with Gasteiger partial charge in [-0.3, -0.25) is 4.98 Å². The molecule has 1 atom stereocenters. The Balaban J connectivity index is 1.79. The van der Waals surface area contributed by atoms with E-state index >= 15 is 0 Å². The first kappa shape index (κ1) is 14.0. The highest BCUT2D eigenvalue weighted by Gasteiger charge is 2.20. The van der Waals surface area contributed by atoms with Gasteiger partial charge in [-0.2, -0.15) is 9.61 Å². The van der Waals surface area contributed by atoms with Gasteiger partial charge in [0, 0.05) is 12.1 Å².